The zero-order chi connectivity index (χ0) is 21.0. The van der Waals surface area contributed by atoms with Gasteiger partial charge in [-0.05, 0) is 60.7 Å². The molecule has 1 N–H and O–H groups in total. The maximum Gasteiger partial charge on any atom is 0.138 e. The van der Waals surface area contributed by atoms with Gasteiger partial charge in [0, 0.05) is 29.1 Å². The molecule has 2 aromatic heterocycles. The maximum absolute atomic E-state index is 13.4. The van der Waals surface area contributed by atoms with E-state index in [2.05, 4.69) is 9.97 Å². The third kappa shape index (κ3) is 4.07. The molecule has 0 spiro atoms. The van der Waals surface area contributed by atoms with Crippen molar-refractivity contribution in [3.63, 3.8) is 0 Å². The minimum atomic E-state index is -0.282. The van der Waals surface area contributed by atoms with Crippen molar-refractivity contribution in [2.75, 3.05) is 0 Å². The van der Waals surface area contributed by atoms with E-state index in [1.54, 1.807) is 24.5 Å². The summed E-state index contributed by atoms with van der Waals surface area (Å²) in [4.78, 5) is 12.4. The molecule has 0 aliphatic carbocycles. The average molecular weight is 407 g/mol. The third-order valence-corrected chi connectivity index (χ3v) is 4.88. The fourth-order valence-electron chi connectivity index (χ4n) is 3.39. The first kappa shape index (κ1) is 18.8. The number of pyridine rings is 1. The number of aromatic amines is 1. The van der Waals surface area contributed by atoms with Crippen molar-refractivity contribution >= 4 is 0 Å². The lowest BCUT2D eigenvalue weighted by Crippen LogP contribution is -1.87. The molecule has 0 aliphatic rings. The molecule has 4 nitrogen and oxygen atoms in total. The van der Waals surface area contributed by atoms with Gasteiger partial charge in [0.2, 0.25) is 0 Å². The molecule has 0 saturated carbocycles. The topological polar surface area (TPSA) is 50.8 Å². The molecule has 0 saturated heterocycles. The van der Waals surface area contributed by atoms with Crippen LogP contribution >= 0.6 is 0 Å². The van der Waals surface area contributed by atoms with E-state index in [0.29, 0.717) is 5.82 Å². The summed E-state index contributed by atoms with van der Waals surface area (Å²) in [5.74, 6) is 1.87. The molecule has 0 radical (unpaired) electrons. The second-order valence-electron chi connectivity index (χ2n) is 6.99. The van der Waals surface area contributed by atoms with Gasteiger partial charge >= 0.3 is 0 Å². The van der Waals surface area contributed by atoms with E-state index in [-0.39, 0.29) is 5.82 Å². The van der Waals surface area contributed by atoms with E-state index in [0.717, 1.165) is 39.6 Å². The van der Waals surface area contributed by atoms with Gasteiger partial charge in [0.1, 0.15) is 23.1 Å². The first-order chi connectivity index (χ1) is 15.3. The maximum atomic E-state index is 13.4. The number of nitrogens with one attached hydrogen (secondary N) is 1. The zero-order valence-corrected chi connectivity index (χ0v) is 16.5. The van der Waals surface area contributed by atoms with Gasteiger partial charge < -0.3 is 9.72 Å². The lowest BCUT2D eigenvalue weighted by atomic mass is 10.1. The summed E-state index contributed by atoms with van der Waals surface area (Å²) in [5, 5.41) is 0. The minimum Gasteiger partial charge on any atom is -0.457 e. The third-order valence-electron chi connectivity index (χ3n) is 4.88. The summed E-state index contributed by atoms with van der Waals surface area (Å²) in [6.45, 7) is 0. The monoisotopic (exact) mass is 407 g/mol. The van der Waals surface area contributed by atoms with Crippen LogP contribution in [0.5, 0.6) is 11.5 Å². The molecule has 31 heavy (non-hydrogen) atoms. The first-order valence-corrected chi connectivity index (χ1v) is 9.86. The lowest BCUT2D eigenvalue weighted by molar-refractivity contribution is 0.483. The Bertz CT molecular complexity index is 1300. The molecule has 0 aliphatic heterocycles. The van der Waals surface area contributed by atoms with Crippen LogP contribution in [-0.4, -0.2) is 15.0 Å². The van der Waals surface area contributed by atoms with E-state index >= 15 is 0 Å². The fraction of sp³-hybridized carbons (Fsp3) is 0. The summed E-state index contributed by atoms with van der Waals surface area (Å²) in [6, 6.07) is 27.6. The minimum absolute atomic E-state index is 0.282. The molecule has 0 unspecified atom stereocenters. The van der Waals surface area contributed by atoms with Crippen molar-refractivity contribution < 1.29 is 9.13 Å². The van der Waals surface area contributed by atoms with Gasteiger partial charge in [-0.25, -0.2) is 9.37 Å². The molecule has 5 heteroatoms. The van der Waals surface area contributed by atoms with E-state index in [9.17, 15) is 4.39 Å². The van der Waals surface area contributed by atoms with Crippen molar-refractivity contribution in [3.8, 4) is 45.4 Å². The number of hydrogen-bond acceptors (Lipinski definition) is 3. The van der Waals surface area contributed by atoms with Crippen LogP contribution in [0.15, 0.2) is 103 Å². The van der Waals surface area contributed by atoms with E-state index in [1.807, 2.05) is 66.7 Å². The Morgan fingerprint density at radius 1 is 0.677 bits per heavy atom. The van der Waals surface area contributed by atoms with Crippen molar-refractivity contribution in [2.45, 2.75) is 0 Å². The number of hydrogen-bond donors (Lipinski definition) is 1. The molecule has 5 aromatic rings. The molecular weight excluding hydrogens is 389 g/mol. The van der Waals surface area contributed by atoms with Crippen molar-refractivity contribution in [1.82, 2.24) is 15.0 Å². The molecular formula is C26H18FN3O. The number of nitrogens with zero attached hydrogens (tertiary/aromatic N) is 2. The molecule has 5 rings (SSSR count). The van der Waals surface area contributed by atoms with E-state index < -0.39 is 0 Å². The Labute approximate surface area is 179 Å². The van der Waals surface area contributed by atoms with Gasteiger partial charge in [-0.15, -0.1) is 0 Å². The summed E-state index contributed by atoms with van der Waals surface area (Å²) in [7, 11) is 0. The number of halogens is 1. The van der Waals surface area contributed by atoms with Gasteiger partial charge in [-0.3, -0.25) is 4.98 Å². The molecule has 0 atom stereocenters. The van der Waals surface area contributed by atoms with Crippen LogP contribution in [0.3, 0.4) is 0 Å². The molecule has 3 aromatic carbocycles. The number of imidazole rings is 1. The Morgan fingerprint density at radius 3 is 2.19 bits per heavy atom. The molecule has 150 valence electrons. The highest BCUT2D eigenvalue weighted by atomic mass is 19.1. The molecule has 0 amide bonds. The number of benzene rings is 3. The molecule has 0 fully saturated rings. The summed E-state index contributed by atoms with van der Waals surface area (Å²) in [5.41, 5.74) is 4.31. The van der Waals surface area contributed by atoms with Crippen LogP contribution in [0.25, 0.3) is 33.9 Å². The predicted octanol–water partition coefficient (Wildman–Crippen LogP) is 6.74. The number of aromatic nitrogens is 3. The highest BCUT2D eigenvalue weighted by molar-refractivity contribution is 5.81. The smallest absolute Gasteiger partial charge is 0.138 e. The Hall–Kier alpha value is -4.25. The number of para-hydroxylation sites is 1. The standard InChI is InChI=1S/C26H18FN3O/c27-21-11-9-19(10-12-21)26-29-24(18-13-15-28-16-14-18)25(30-26)20-5-4-8-23(17-20)31-22-6-2-1-3-7-22/h1-17H,(H,29,30). The highest BCUT2D eigenvalue weighted by Gasteiger charge is 2.16. The Kier molecular flexibility index (Phi) is 4.99. The van der Waals surface area contributed by atoms with Gasteiger partial charge in [0.15, 0.2) is 0 Å². The predicted molar refractivity (Wildman–Crippen MR) is 119 cm³/mol. The van der Waals surface area contributed by atoms with Crippen LogP contribution in [0.2, 0.25) is 0 Å². The summed E-state index contributed by atoms with van der Waals surface area (Å²) < 4.78 is 19.4. The molecule has 0 bridgehead atoms. The second kappa shape index (κ2) is 8.24. The SMILES string of the molecule is Fc1ccc(-c2nc(-c3cccc(Oc4ccccc4)c3)c(-c3ccncc3)[nH]2)cc1. The van der Waals surface area contributed by atoms with Crippen LogP contribution in [-0.2, 0) is 0 Å². The average Bonchev–Trinajstić information content (AvgIpc) is 3.27. The van der Waals surface area contributed by atoms with Crippen LogP contribution in [0.4, 0.5) is 4.39 Å². The summed E-state index contributed by atoms with van der Waals surface area (Å²) >= 11 is 0. The van der Waals surface area contributed by atoms with Gasteiger partial charge in [0.25, 0.3) is 0 Å². The lowest BCUT2D eigenvalue weighted by Gasteiger charge is -2.08. The largest absolute Gasteiger partial charge is 0.457 e. The van der Waals surface area contributed by atoms with Crippen LogP contribution in [0, 0.1) is 5.82 Å². The van der Waals surface area contributed by atoms with Crippen molar-refractivity contribution in [1.29, 1.82) is 0 Å². The van der Waals surface area contributed by atoms with Crippen molar-refractivity contribution in [2.24, 2.45) is 0 Å². The Morgan fingerprint density at radius 2 is 1.42 bits per heavy atom. The normalized spacial score (nSPS) is 10.7. The van der Waals surface area contributed by atoms with Gasteiger partial charge in [0.05, 0.1) is 11.4 Å². The summed E-state index contributed by atoms with van der Waals surface area (Å²) in [6.07, 6.45) is 3.49. The van der Waals surface area contributed by atoms with Crippen LogP contribution in [0.1, 0.15) is 0 Å². The zero-order valence-electron chi connectivity index (χ0n) is 16.5. The second-order valence-corrected chi connectivity index (χ2v) is 6.99. The van der Waals surface area contributed by atoms with Crippen LogP contribution < -0.4 is 4.74 Å². The number of H-pyrrole nitrogens is 1. The van der Waals surface area contributed by atoms with Crippen molar-refractivity contribution in [3.05, 3.63) is 109 Å². The number of rotatable bonds is 5. The number of ether oxygens (including phenoxy) is 1. The highest BCUT2D eigenvalue weighted by Crippen LogP contribution is 2.35. The quantitative estimate of drug-likeness (QED) is 0.351. The fourth-order valence-corrected chi connectivity index (χ4v) is 3.39. The van der Waals surface area contributed by atoms with E-state index in [4.69, 9.17) is 9.72 Å². The molecule has 2 heterocycles. The first-order valence-electron chi connectivity index (χ1n) is 9.86. The Balaban J connectivity index is 1.59. The van der Waals surface area contributed by atoms with E-state index in [1.165, 1.54) is 12.1 Å². The van der Waals surface area contributed by atoms with Gasteiger partial charge in [-0.1, -0.05) is 30.3 Å². The van der Waals surface area contributed by atoms with Gasteiger partial charge in [-0.2, -0.15) is 0 Å².